The van der Waals surface area contributed by atoms with Crippen LogP contribution in [0.4, 0.5) is 0 Å². The van der Waals surface area contributed by atoms with Crippen LogP contribution in [-0.2, 0) is 42.7 Å². The molecule has 0 radical (unpaired) electrons. The van der Waals surface area contributed by atoms with Crippen molar-refractivity contribution in [3.05, 3.63) is 29.8 Å². The summed E-state index contributed by atoms with van der Waals surface area (Å²) in [4.78, 5) is 12.4. The van der Waals surface area contributed by atoms with Gasteiger partial charge in [-0.05, 0) is 23.8 Å². The van der Waals surface area contributed by atoms with Crippen LogP contribution in [0.5, 0.6) is 11.5 Å². The van der Waals surface area contributed by atoms with Gasteiger partial charge < -0.3 is 93.7 Å². The van der Waals surface area contributed by atoms with Crippen molar-refractivity contribution in [1.29, 1.82) is 0 Å². The summed E-state index contributed by atoms with van der Waals surface area (Å²) in [5, 5.41) is 103. The van der Waals surface area contributed by atoms with Crippen LogP contribution < -0.4 is 4.74 Å². The first kappa shape index (κ1) is 38.6. The van der Waals surface area contributed by atoms with Crippen molar-refractivity contribution in [1.82, 2.24) is 0 Å². The Hall–Kier alpha value is -2.61. The summed E-state index contributed by atoms with van der Waals surface area (Å²) in [5.74, 6) is -0.757. The first-order valence-electron chi connectivity index (χ1n) is 15.6. The lowest BCUT2D eigenvalue weighted by Gasteiger charge is -2.45. The molecule has 1 aromatic carbocycles. The number of ether oxygens (including phenoxy) is 9. The number of methoxy groups -OCH3 is 1. The highest BCUT2D eigenvalue weighted by atomic mass is 16.8. The zero-order valence-corrected chi connectivity index (χ0v) is 26.5. The predicted octanol–water partition coefficient (Wildman–Crippen LogP) is -5.21. The standard InChI is InChI=1S/C30H42O20/c1-42-14-6-11(2-4-12(14)31)3-5-18(33)43-8-15-21(36)24(39)30(48-15)50-26-17(49-28-23(38)19(34)13(32)7-45-28)10-46-29(25(26)40)47-16-9-44-27(41)22(37)20(16)35/h2-6,13,15-17,19-32,34-41H,7-10H2,1H3/b5-3+/t13-,15+,16-,17-,19+,20+,21+,22-,23-,24-,25-,26+,27-,28+,29+,30+/m1/s1. The summed E-state index contributed by atoms with van der Waals surface area (Å²) in [6, 6.07) is 4.37. The minimum atomic E-state index is -1.82. The van der Waals surface area contributed by atoms with E-state index in [0.29, 0.717) is 5.56 Å². The predicted molar refractivity (Wildman–Crippen MR) is 157 cm³/mol. The van der Waals surface area contributed by atoms with Crippen molar-refractivity contribution < 1.29 is 98.5 Å². The van der Waals surface area contributed by atoms with Gasteiger partial charge in [0.2, 0.25) is 0 Å². The molecule has 4 aliphatic heterocycles. The van der Waals surface area contributed by atoms with Gasteiger partial charge >= 0.3 is 5.97 Å². The van der Waals surface area contributed by atoms with E-state index in [4.69, 9.17) is 42.6 Å². The van der Waals surface area contributed by atoms with Crippen LogP contribution in [0, 0.1) is 0 Å². The van der Waals surface area contributed by atoms with Crippen LogP contribution in [0.2, 0.25) is 0 Å². The molecule has 50 heavy (non-hydrogen) atoms. The number of phenolic OH excluding ortho intramolecular Hbond substituents is 1. The van der Waals surface area contributed by atoms with E-state index < -0.39 is 131 Å². The lowest BCUT2D eigenvalue weighted by Crippen LogP contribution is -2.62. The van der Waals surface area contributed by atoms with Crippen molar-refractivity contribution in [3.63, 3.8) is 0 Å². The average molecular weight is 723 g/mol. The normalized spacial score (nSPS) is 42.4. The van der Waals surface area contributed by atoms with Crippen LogP contribution >= 0.6 is 0 Å². The number of benzene rings is 1. The van der Waals surface area contributed by atoms with Crippen molar-refractivity contribution in [2.45, 2.75) is 98.4 Å². The summed E-state index contributed by atoms with van der Waals surface area (Å²) < 4.78 is 48.9. The maximum absolute atomic E-state index is 12.4. The Balaban J connectivity index is 1.24. The van der Waals surface area contributed by atoms with E-state index in [1.807, 2.05) is 0 Å². The maximum Gasteiger partial charge on any atom is 0.330 e. The largest absolute Gasteiger partial charge is 0.504 e. The van der Waals surface area contributed by atoms with E-state index in [-0.39, 0.29) is 11.5 Å². The fourth-order valence-corrected chi connectivity index (χ4v) is 5.60. The molecule has 0 saturated carbocycles. The summed E-state index contributed by atoms with van der Waals surface area (Å²) in [7, 11) is 1.36. The third-order valence-electron chi connectivity index (χ3n) is 8.55. The van der Waals surface area contributed by atoms with E-state index in [1.165, 1.54) is 31.4 Å². The summed E-state index contributed by atoms with van der Waals surface area (Å²) in [6.07, 6.45) is -23.0. The van der Waals surface area contributed by atoms with E-state index in [1.54, 1.807) is 0 Å². The molecule has 0 bridgehead atoms. The van der Waals surface area contributed by atoms with E-state index in [0.717, 1.165) is 6.08 Å². The Labute approximate surface area is 284 Å². The van der Waals surface area contributed by atoms with Crippen molar-refractivity contribution in [2.24, 2.45) is 0 Å². The summed E-state index contributed by atoms with van der Waals surface area (Å²) in [6.45, 7) is -1.83. The Morgan fingerprint density at radius 2 is 1.42 bits per heavy atom. The lowest BCUT2D eigenvalue weighted by molar-refractivity contribution is -0.362. The fraction of sp³-hybridized carbons (Fsp3) is 0.700. The quantitative estimate of drug-likeness (QED) is 0.0754. The van der Waals surface area contributed by atoms with Gasteiger partial charge in [-0.2, -0.15) is 0 Å². The van der Waals surface area contributed by atoms with Gasteiger partial charge in [0.05, 0.1) is 26.9 Å². The van der Waals surface area contributed by atoms with Crippen molar-refractivity contribution in [2.75, 3.05) is 33.5 Å². The highest BCUT2D eigenvalue weighted by Gasteiger charge is 2.52. The molecular formula is C30H42O20. The minimum Gasteiger partial charge on any atom is -0.504 e. The first-order chi connectivity index (χ1) is 23.8. The molecule has 0 aliphatic carbocycles. The van der Waals surface area contributed by atoms with Gasteiger partial charge in [0.15, 0.2) is 36.7 Å². The molecule has 1 aromatic rings. The molecule has 20 nitrogen and oxygen atoms in total. The van der Waals surface area contributed by atoms with Gasteiger partial charge in [-0.15, -0.1) is 0 Å². The number of aliphatic hydroxyl groups excluding tert-OH is 9. The number of rotatable bonds is 11. The van der Waals surface area contributed by atoms with E-state index >= 15 is 0 Å². The SMILES string of the molecule is COc1cc(/C=C/C(=O)OC[C@@H]2O[C@@H](O[C@@H]3[C@@H](O)[C@H](O[C@@H]4CO[C@@H](O)[C@H](O)[C@H]4O)OC[C@H]3O[C@@H]3OC[C@@H](O)[C@H](O)[C@H]3O)[C@H](O)[C@H]2O)ccc1O. The van der Waals surface area contributed by atoms with Gasteiger partial charge in [0.1, 0.15) is 79.9 Å². The number of carbonyl (C=O) groups excluding carboxylic acids is 1. The molecule has 4 aliphatic rings. The zero-order valence-electron chi connectivity index (χ0n) is 26.5. The molecule has 4 saturated heterocycles. The molecule has 0 spiro atoms. The molecule has 20 heteroatoms. The Morgan fingerprint density at radius 1 is 0.760 bits per heavy atom. The van der Waals surface area contributed by atoms with Crippen molar-refractivity contribution in [3.8, 4) is 11.5 Å². The molecule has 4 heterocycles. The number of phenols is 1. The zero-order chi connectivity index (χ0) is 36.3. The molecule has 0 amide bonds. The summed E-state index contributed by atoms with van der Waals surface area (Å²) >= 11 is 0. The van der Waals surface area contributed by atoms with Gasteiger partial charge in [0.25, 0.3) is 0 Å². The number of esters is 1. The Morgan fingerprint density at radius 3 is 2.16 bits per heavy atom. The van der Waals surface area contributed by atoms with Gasteiger partial charge in [-0.3, -0.25) is 0 Å². The Bertz CT molecular complexity index is 1300. The third kappa shape index (κ3) is 8.70. The van der Waals surface area contributed by atoms with Crippen LogP contribution in [-0.4, -0.2) is 189 Å². The minimum absolute atomic E-state index is 0.0964. The Kier molecular flexibility index (Phi) is 13.0. The fourth-order valence-electron chi connectivity index (χ4n) is 5.60. The molecule has 0 aromatic heterocycles. The van der Waals surface area contributed by atoms with Crippen LogP contribution in [0.25, 0.3) is 6.08 Å². The third-order valence-corrected chi connectivity index (χ3v) is 8.55. The monoisotopic (exact) mass is 722 g/mol. The highest BCUT2D eigenvalue weighted by molar-refractivity contribution is 5.87. The van der Waals surface area contributed by atoms with Crippen LogP contribution in [0.3, 0.4) is 0 Å². The molecule has 16 atom stereocenters. The van der Waals surface area contributed by atoms with E-state index in [2.05, 4.69) is 0 Å². The van der Waals surface area contributed by atoms with E-state index in [9.17, 15) is 55.9 Å². The number of carbonyl (C=O) groups is 1. The van der Waals surface area contributed by atoms with Crippen LogP contribution in [0.15, 0.2) is 24.3 Å². The van der Waals surface area contributed by atoms with Crippen molar-refractivity contribution >= 4 is 12.0 Å². The average Bonchev–Trinajstić information content (AvgIpc) is 3.37. The number of aromatic hydroxyl groups is 1. The maximum atomic E-state index is 12.4. The topological polar surface area (TPSA) is 302 Å². The van der Waals surface area contributed by atoms with Gasteiger partial charge in [-0.25, -0.2) is 4.79 Å². The molecule has 10 N–H and O–H groups in total. The second kappa shape index (κ2) is 16.8. The summed E-state index contributed by atoms with van der Waals surface area (Å²) in [5.41, 5.74) is 0.503. The van der Waals surface area contributed by atoms with Gasteiger partial charge in [-0.1, -0.05) is 6.07 Å². The molecule has 0 unspecified atom stereocenters. The molecule has 4 fully saturated rings. The first-order valence-corrected chi connectivity index (χ1v) is 15.6. The highest BCUT2D eigenvalue weighted by Crippen LogP contribution is 2.32. The van der Waals surface area contributed by atoms with Gasteiger partial charge in [0, 0.05) is 6.08 Å². The molecular weight excluding hydrogens is 680 g/mol. The number of hydrogen-bond acceptors (Lipinski definition) is 20. The number of hydrogen-bond donors (Lipinski definition) is 10. The van der Waals surface area contributed by atoms with Crippen LogP contribution in [0.1, 0.15) is 5.56 Å². The molecule has 5 rings (SSSR count). The smallest absolute Gasteiger partial charge is 0.330 e. The second-order valence-electron chi connectivity index (χ2n) is 12.0. The number of aliphatic hydroxyl groups is 9. The molecule has 282 valence electrons. The lowest BCUT2D eigenvalue weighted by atomic mass is 10.0. The second-order valence-corrected chi connectivity index (χ2v) is 12.0.